The molecule has 2 atom stereocenters. The van der Waals surface area contributed by atoms with Gasteiger partial charge in [0.05, 0.1) is 17.5 Å². The molecule has 2 heterocycles. The van der Waals surface area contributed by atoms with Crippen molar-refractivity contribution in [2.75, 3.05) is 16.4 Å². The molecule has 3 nitrogen and oxygen atoms in total. The molecule has 0 amide bonds. The van der Waals surface area contributed by atoms with Crippen LogP contribution in [0.5, 0.6) is 0 Å². The van der Waals surface area contributed by atoms with Gasteiger partial charge in [0, 0.05) is 10.9 Å². The summed E-state index contributed by atoms with van der Waals surface area (Å²) in [6.07, 6.45) is 0. The highest BCUT2D eigenvalue weighted by atomic mass is 32.2. The number of thioether (sulfide) groups is 1. The van der Waals surface area contributed by atoms with Crippen molar-refractivity contribution >= 4 is 43.8 Å². The summed E-state index contributed by atoms with van der Waals surface area (Å²) < 4.78 is 24.2. The second kappa shape index (κ2) is 4.21. The van der Waals surface area contributed by atoms with Gasteiger partial charge >= 0.3 is 0 Å². The highest BCUT2D eigenvalue weighted by Crippen LogP contribution is 2.40. The van der Waals surface area contributed by atoms with Crippen molar-refractivity contribution < 1.29 is 8.42 Å². The largest absolute Gasteiger partial charge is 0.322 e. The minimum absolute atomic E-state index is 0.00861. The summed E-state index contributed by atoms with van der Waals surface area (Å²) in [5.41, 5.74) is 2.17. The summed E-state index contributed by atoms with van der Waals surface area (Å²) in [5, 5.41) is 0.100. The SMILES string of the molecule is Cc1cccc(N2C(=S)S[C@@H]3CS(=O)(=O)C[C@@H]32)c1. The zero-order valence-electron chi connectivity index (χ0n) is 9.87. The monoisotopic (exact) mass is 299 g/mol. The second-order valence-corrected chi connectivity index (χ2v) is 8.80. The third-order valence-corrected chi connectivity index (χ3v) is 6.93. The predicted molar refractivity (Wildman–Crippen MR) is 80.1 cm³/mol. The Bertz CT molecular complexity index is 612. The van der Waals surface area contributed by atoms with Gasteiger partial charge < -0.3 is 4.90 Å². The number of thiocarbonyl (C=S) groups is 1. The number of aryl methyl sites for hydroxylation is 1. The Morgan fingerprint density at radius 1 is 1.39 bits per heavy atom. The van der Waals surface area contributed by atoms with E-state index in [9.17, 15) is 8.42 Å². The minimum Gasteiger partial charge on any atom is -0.322 e. The fraction of sp³-hybridized carbons (Fsp3) is 0.417. The Kier molecular flexibility index (Phi) is 2.91. The number of hydrogen-bond donors (Lipinski definition) is 0. The molecule has 0 radical (unpaired) electrons. The third kappa shape index (κ3) is 2.06. The molecule has 2 fully saturated rings. The van der Waals surface area contributed by atoms with Crippen molar-refractivity contribution in [1.82, 2.24) is 0 Å². The van der Waals surface area contributed by atoms with Crippen LogP contribution in [-0.2, 0) is 9.84 Å². The van der Waals surface area contributed by atoms with Crippen LogP contribution in [0.3, 0.4) is 0 Å². The summed E-state index contributed by atoms with van der Waals surface area (Å²) in [6, 6.07) is 8.06. The first-order valence-corrected chi connectivity index (χ1v) is 8.84. The van der Waals surface area contributed by atoms with Gasteiger partial charge in [-0.05, 0) is 24.6 Å². The Hall–Kier alpha value is -0.590. The Labute approximate surface area is 116 Å². The molecule has 2 saturated heterocycles. The molecule has 1 aromatic rings. The second-order valence-electron chi connectivity index (χ2n) is 4.78. The van der Waals surface area contributed by atoms with Gasteiger partial charge in [0.2, 0.25) is 0 Å². The van der Waals surface area contributed by atoms with Gasteiger partial charge in [-0.3, -0.25) is 0 Å². The standard InChI is InChI=1S/C12H13NO2S3/c1-8-3-2-4-9(5-8)13-10-6-18(14,15)7-11(10)17-12(13)16/h2-5,10-11H,6-7H2,1H3/t10-,11+/m0/s1. The lowest BCUT2D eigenvalue weighted by Crippen LogP contribution is -2.36. The number of fused-ring (bicyclic) bond motifs is 1. The third-order valence-electron chi connectivity index (χ3n) is 3.33. The maximum absolute atomic E-state index is 11.7. The van der Waals surface area contributed by atoms with Crippen molar-refractivity contribution in [1.29, 1.82) is 0 Å². The van der Waals surface area contributed by atoms with E-state index in [2.05, 4.69) is 6.07 Å². The van der Waals surface area contributed by atoms with E-state index in [4.69, 9.17) is 12.2 Å². The lowest BCUT2D eigenvalue weighted by atomic mass is 10.1. The van der Waals surface area contributed by atoms with Crippen LogP contribution in [-0.4, -0.2) is 35.5 Å². The molecule has 0 aliphatic carbocycles. The van der Waals surface area contributed by atoms with Crippen LogP contribution in [0.4, 0.5) is 5.69 Å². The molecule has 0 bridgehead atoms. The van der Waals surface area contributed by atoms with Gasteiger partial charge in [-0.1, -0.05) is 36.1 Å². The molecular weight excluding hydrogens is 286 g/mol. The van der Waals surface area contributed by atoms with Crippen molar-refractivity contribution in [2.24, 2.45) is 0 Å². The molecule has 0 saturated carbocycles. The summed E-state index contributed by atoms with van der Waals surface area (Å²) >= 11 is 6.91. The van der Waals surface area contributed by atoms with Gasteiger partial charge in [-0.15, -0.1) is 0 Å². The van der Waals surface area contributed by atoms with E-state index < -0.39 is 9.84 Å². The molecule has 3 rings (SSSR count). The van der Waals surface area contributed by atoms with Crippen LogP contribution in [0, 0.1) is 6.92 Å². The van der Waals surface area contributed by atoms with E-state index >= 15 is 0 Å². The van der Waals surface area contributed by atoms with Crippen molar-refractivity contribution in [2.45, 2.75) is 18.2 Å². The number of hydrogen-bond acceptors (Lipinski definition) is 4. The van der Waals surface area contributed by atoms with Gasteiger partial charge in [0.15, 0.2) is 9.84 Å². The Morgan fingerprint density at radius 3 is 2.89 bits per heavy atom. The predicted octanol–water partition coefficient (Wildman–Crippen LogP) is 2.00. The summed E-state index contributed by atoms with van der Waals surface area (Å²) in [6.45, 7) is 2.03. The van der Waals surface area contributed by atoms with Crippen molar-refractivity contribution in [3.63, 3.8) is 0 Å². The zero-order chi connectivity index (χ0) is 12.9. The van der Waals surface area contributed by atoms with E-state index in [0.717, 1.165) is 15.6 Å². The van der Waals surface area contributed by atoms with Gasteiger partial charge in [-0.25, -0.2) is 8.42 Å². The Balaban J connectivity index is 1.99. The molecule has 0 unspecified atom stereocenters. The first-order valence-electron chi connectivity index (χ1n) is 5.73. The average Bonchev–Trinajstić information content (AvgIpc) is 2.68. The molecule has 1 aromatic carbocycles. The molecule has 18 heavy (non-hydrogen) atoms. The molecule has 2 aliphatic heterocycles. The average molecular weight is 299 g/mol. The lowest BCUT2D eigenvalue weighted by Gasteiger charge is -2.24. The van der Waals surface area contributed by atoms with Crippen LogP contribution >= 0.6 is 24.0 Å². The maximum atomic E-state index is 11.7. The highest BCUT2D eigenvalue weighted by Gasteiger charge is 2.48. The topological polar surface area (TPSA) is 37.4 Å². The first-order chi connectivity index (χ1) is 8.46. The fourth-order valence-electron chi connectivity index (χ4n) is 2.55. The minimum atomic E-state index is -2.90. The molecule has 0 aromatic heterocycles. The molecule has 0 spiro atoms. The van der Waals surface area contributed by atoms with Gasteiger partial charge in [0.1, 0.15) is 4.32 Å². The van der Waals surface area contributed by atoms with E-state index in [0.29, 0.717) is 0 Å². The maximum Gasteiger partial charge on any atom is 0.153 e. The van der Waals surface area contributed by atoms with Gasteiger partial charge in [-0.2, -0.15) is 0 Å². The summed E-state index contributed by atoms with van der Waals surface area (Å²) in [5.74, 6) is 0.476. The first kappa shape index (κ1) is 12.4. The number of rotatable bonds is 1. The lowest BCUT2D eigenvalue weighted by molar-refractivity contribution is 0.601. The molecule has 96 valence electrons. The van der Waals surface area contributed by atoms with E-state index in [1.165, 1.54) is 11.8 Å². The van der Waals surface area contributed by atoms with Crippen LogP contribution in [0.25, 0.3) is 0 Å². The summed E-state index contributed by atoms with van der Waals surface area (Å²) in [4.78, 5) is 2.02. The number of anilines is 1. The van der Waals surface area contributed by atoms with Crippen LogP contribution in [0.15, 0.2) is 24.3 Å². The highest BCUT2D eigenvalue weighted by molar-refractivity contribution is 8.24. The number of nitrogens with zero attached hydrogens (tertiary/aromatic N) is 1. The molecule has 2 aliphatic rings. The number of benzene rings is 1. The van der Waals surface area contributed by atoms with E-state index in [1.54, 1.807) is 0 Å². The Morgan fingerprint density at radius 2 is 2.17 bits per heavy atom. The quantitative estimate of drug-likeness (QED) is 0.742. The van der Waals surface area contributed by atoms with Crippen LogP contribution in [0.1, 0.15) is 5.56 Å². The smallest absolute Gasteiger partial charge is 0.153 e. The van der Waals surface area contributed by atoms with Crippen LogP contribution in [0.2, 0.25) is 0 Å². The normalized spacial score (nSPS) is 29.6. The fourth-order valence-corrected chi connectivity index (χ4v) is 6.92. The van der Waals surface area contributed by atoms with Crippen molar-refractivity contribution in [3.8, 4) is 0 Å². The molecule has 6 heteroatoms. The van der Waals surface area contributed by atoms with Crippen molar-refractivity contribution in [3.05, 3.63) is 29.8 Å². The van der Waals surface area contributed by atoms with E-state index in [-0.39, 0.29) is 22.8 Å². The zero-order valence-corrected chi connectivity index (χ0v) is 12.3. The van der Waals surface area contributed by atoms with Gasteiger partial charge in [0.25, 0.3) is 0 Å². The molecule has 0 N–H and O–H groups in total. The van der Waals surface area contributed by atoms with E-state index in [1.807, 2.05) is 30.0 Å². The van der Waals surface area contributed by atoms with Crippen LogP contribution < -0.4 is 4.90 Å². The number of sulfone groups is 1. The summed E-state index contributed by atoms with van der Waals surface area (Å²) in [7, 11) is -2.90. The molecular formula is C12H13NO2S3.